The maximum Gasteiger partial charge on any atom is 0.352 e. The predicted molar refractivity (Wildman–Crippen MR) is 109 cm³/mol. The second-order valence-electron chi connectivity index (χ2n) is 5.71. The molecule has 0 aliphatic rings. The van der Waals surface area contributed by atoms with Gasteiger partial charge in [0.2, 0.25) is 0 Å². The highest BCUT2D eigenvalue weighted by molar-refractivity contribution is 7.16. The minimum absolute atomic E-state index is 0.164. The van der Waals surface area contributed by atoms with Gasteiger partial charge >= 0.3 is 5.97 Å². The average molecular weight is 378 g/mol. The van der Waals surface area contributed by atoms with Gasteiger partial charge in [-0.15, -0.1) is 11.3 Å². The van der Waals surface area contributed by atoms with Crippen LogP contribution in [0.4, 0.5) is 5.69 Å². The topological polar surface area (TPSA) is 78.4 Å². The quantitative estimate of drug-likeness (QED) is 0.559. The lowest BCUT2D eigenvalue weighted by Crippen LogP contribution is -2.27. The van der Waals surface area contributed by atoms with Crippen molar-refractivity contribution in [1.29, 1.82) is 0 Å². The van der Waals surface area contributed by atoms with E-state index in [2.05, 4.69) is 10.6 Å². The number of hydrogen-bond donors (Lipinski definition) is 3. The molecule has 0 radical (unpaired) electrons. The van der Waals surface area contributed by atoms with Gasteiger partial charge in [0.05, 0.1) is 0 Å². The summed E-state index contributed by atoms with van der Waals surface area (Å²) >= 11 is 1.46. The normalized spacial score (nSPS) is 11.1. The molecule has 1 heterocycles. The number of nitrogens with one attached hydrogen (secondary N) is 2. The summed E-state index contributed by atoms with van der Waals surface area (Å²) < 4.78 is 0. The Morgan fingerprint density at radius 1 is 0.963 bits per heavy atom. The van der Waals surface area contributed by atoms with Crippen molar-refractivity contribution in [3.63, 3.8) is 0 Å². The summed E-state index contributed by atoms with van der Waals surface area (Å²) in [6.07, 6.45) is 1.47. The third-order valence-corrected chi connectivity index (χ3v) is 4.97. The number of thiophene rings is 1. The fraction of sp³-hybridized carbons (Fsp3) is 0.0476. The molecule has 0 saturated carbocycles. The lowest BCUT2D eigenvalue weighted by atomic mass is 10.2. The highest BCUT2D eigenvalue weighted by Gasteiger charge is 2.14. The number of hydrogen-bond acceptors (Lipinski definition) is 4. The Morgan fingerprint density at radius 2 is 1.67 bits per heavy atom. The number of carbonyl (C=O) groups is 2. The van der Waals surface area contributed by atoms with E-state index in [1.54, 1.807) is 30.3 Å². The first-order valence-corrected chi connectivity index (χ1v) is 9.08. The smallest absolute Gasteiger partial charge is 0.352 e. The molecule has 136 valence electrons. The second kappa shape index (κ2) is 8.33. The van der Waals surface area contributed by atoms with Crippen LogP contribution < -0.4 is 10.6 Å². The van der Waals surface area contributed by atoms with Crippen LogP contribution in [0.5, 0.6) is 0 Å². The Labute approximate surface area is 161 Å². The summed E-state index contributed by atoms with van der Waals surface area (Å²) in [5.74, 6) is -1.64. The van der Waals surface area contributed by atoms with Crippen LogP contribution in [0.15, 0.2) is 72.4 Å². The molecule has 0 saturated heterocycles. The third kappa shape index (κ3) is 4.62. The fourth-order valence-corrected chi connectivity index (χ4v) is 3.42. The Hall–Kier alpha value is -3.38. The molecule has 2 aromatic carbocycles. The van der Waals surface area contributed by atoms with Gasteiger partial charge in [-0.05, 0) is 48.0 Å². The van der Waals surface area contributed by atoms with E-state index in [0.29, 0.717) is 5.56 Å². The van der Waals surface area contributed by atoms with Crippen molar-refractivity contribution in [3.8, 4) is 10.4 Å². The molecule has 0 aliphatic heterocycles. The van der Waals surface area contributed by atoms with Crippen molar-refractivity contribution in [2.75, 3.05) is 12.4 Å². The monoisotopic (exact) mass is 378 g/mol. The van der Waals surface area contributed by atoms with Gasteiger partial charge in [0.25, 0.3) is 5.91 Å². The Kier molecular flexibility index (Phi) is 5.68. The number of anilines is 1. The van der Waals surface area contributed by atoms with Crippen LogP contribution in [0.25, 0.3) is 16.5 Å². The molecule has 0 atom stereocenters. The number of rotatable bonds is 6. The summed E-state index contributed by atoms with van der Waals surface area (Å²) in [6, 6.07) is 20.2. The Morgan fingerprint density at radius 3 is 2.30 bits per heavy atom. The zero-order valence-corrected chi connectivity index (χ0v) is 15.4. The van der Waals surface area contributed by atoms with Gasteiger partial charge in [0.15, 0.2) is 0 Å². The predicted octanol–water partition coefficient (Wildman–Crippen LogP) is 4.31. The minimum atomic E-state index is -1.19. The van der Waals surface area contributed by atoms with Crippen LogP contribution in [0.2, 0.25) is 0 Å². The molecule has 0 unspecified atom stereocenters. The number of carbonyl (C=O) groups excluding carboxylic acids is 1. The zero-order valence-electron chi connectivity index (χ0n) is 14.6. The van der Waals surface area contributed by atoms with Crippen molar-refractivity contribution in [2.24, 2.45) is 0 Å². The van der Waals surface area contributed by atoms with Crippen LogP contribution in [0, 0.1) is 0 Å². The van der Waals surface area contributed by atoms with Gasteiger partial charge in [0.1, 0.15) is 5.70 Å². The molecular weight excluding hydrogens is 360 g/mol. The van der Waals surface area contributed by atoms with E-state index < -0.39 is 11.9 Å². The van der Waals surface area contributed by atoms with Crippen molar-refractivity contribution < 1.29 is 14.7 Å². The van der Waals surface area contributed by atoms with Crippen LogP contribution >= 0.6 is 11.3 Å². The molecule has 5 nitrogen and oxygen atoms in total. The molecule has 6 heteroatoms. The minimum Gasteiger partial charge on any atom is -0.477 e. The van der Waals surface area contributed by atoms with Gasteiger partial charge in [0, 0.05) is 28.1 Å². The first-order valence-electron chi connectivity index (χ1n) is 8.26. The SMILES string of the molecule is CNc1ccc(-c2ccc(/C=C(\NC(=O)c3ccccc3)C(=O)O)s2)cc1. The standard InChI is InChI=1S/C21H18N2O3S/c1-22-16-9-7-14(8-10-16)19-12-11-17(27-19)13-18(21(25)26)23-20(24)15-5-3-2-4-6-15/h2-13,22H,1H3,(H,23,24)(H,25,26)/b18-13-. The highest BCUT2D eigenvalue weighted by atomic mass is 32.1. The fourth-order valence-electron chi connectivity index (χ4n) is 2.46. The molecular formula is C21H18N2O3S. The molecule has 3 rings (SSSR count). The first-order chi connectivity index (χ1) is 13.1. The third-order valence-electron chi connectivity index (χ3n) is 3.89. The molecule has 3 aromatic rings. The maximum atomic E-state index is 12.2. The molecule has 27 heavy (non-hydrogen) atoms. The van der Waals surface area contributed by atoms with Crippen LogP contribution in [-0.2, 0) is 4.79 Å². The lowest BCUT2D eigenvalue weighted by Gasteiger charge is -2.05. The molecule has 3 N–H and O–H groups in total. The van der Waals surface area contributed by atoms with Crippen molar-refractivity contribution in [3.05, 3.63) is 82.9 Å². The maximum absolute atomic E-state index is 12.2. The molecule has 0 spiro atoms. The number of carboxylic acids is 1. The summed E-state index contributed by atoms with van der Waals surface area (Å²) in [7, 11) is 1.86. The van der Waals surface area contributed by atoms with E-state index in [9.17, 15) is 14.7 Å². The summed E-state index contributed by atoms with van der Waals surface area (Å²) in [5.41, 5.74) is 2.31. The molecule has 0 fully saturated rings. The highest BCUT2D eigenvalue weighted by Crippen LogP contribution is 2.30. The first kappa shape index (κ1) is 18.4. The largest absolute Gasteiger partial charge is 0.477 e. The van der Waals surface area contributed by atoms with Crippen molar-refractivity contribution in [1.82, 2.24) is 5.32 Å². The van der Waals surface area contributed by atoms with Crippen LogP contribution in [0.1, 0.15) is 15.2 Å². The van der Waals surface area contributed by atoms with Gasteiger partial charge in [-0.2, -0.15) is 0 Å². The second-order valence-corrected chi connectivity index (χ2v) is 6.83. The van der Waals surface area contributed by atoms with Crippen molar-refractivity contribution in [2.45, 2.75) is 0 Å². The van der Waals surface area contributed by atoms with E-state index >= 15 is 0 Å². The average Bonchev–Trinajstić information content (AvgIpc) is 3.16. The summed E-state index contributed by atoms with van der Waals surface area (Å²) in [4.78, 5) is 25.5. The van der Waals surface area contributed by atoms with E-state index in [1.807, 2.05) is 43.4 Å². The number of benzene rings is 2. The molecule has 1 amide bonds. The van der Waals surface area contributed by atoms with Crippen LogP contribution in [-0.4, -0.2) is 24.0 Å². The van der Waals surface area contributed by atoms with Gasteiger partial charge < -0.3 is 15.7 Å². The molecule has 1 aromatic heterocycles. The molecule has 0 bridgehead atoms. The summed E-state index contributed by atoms with van der Waals surface area (Å²) in [5, 5.41) is 15.0. The van der Waals surface area contributed by atoms with Gasteiger partial charge in [-0.3, -0.25) is 4.79 Å². The Bertz CT molecular complexity index is 976. The van der Waals surface area contributed by atoms with Gasteiger partial charge in [-0.1, -0.05) is 30.3 Å². The number of aliphatic carboxylic acids is 1. The summed E-state index contributed by atoms with van der Waals surface area (Å²) in [6.45, 7) is 0. The van der Waals surface area contributed by atoms with E-state index in [0.717, 1.165) is 21.0 Å². The Balaban J connectivity index is 1.81. The van der Waals surface area contributed by atoms with Crippen molar-refractivity contribution >= 4 is 35.0 Å². The van der Waals surface area contributed by atoms with E-state index in [-0.39, 0.29) is 5.70 Å². The van der Waals surface area contributed by atoms with E-state index in [4.69, 9.17) is 0 Å². The van der Waals surface area contributed by atoms with Gasteiger partial charge in [-0.25, -0.2) is 4.79 Å². The number of carboxylic acid groups (broad SMARTS) is 1. The molecule has 0 aliphatic carbocycles. The van der Waals surface area contributed by atoms with Crippen LogP contribution in [0.3, 0.4) is 0 Å². The zero-order chi connectivity index (χ0) is 19.2. The number of amides is 1. The van der Waals surface area contributed by atoms with E-state index in [1.165, 1.54) is 17.4 Å². The lowest BCUT2D eigenvalue weighted by molar-refractivity contribution is -0.132.